The van der Waals surface area contributed by atoms with Crippen molar-refractivity contribution in [2.45, 2.75) is 83.9 Å². The average molecular weight is 543 g/mol. The van der Waals surface area contributed by atoms with Crippen LogP contribution < -0.4 is 15.4 Å². The van der Waals surface area contributed by atoms with Crippen molar-refractivity contribution in [1.82, 2.24) is 20.5 Å². The Morgan fingerprint density at radius 2 is 1.95 bits per heavy atom. The number of nitrogens with zero attached hydrogens (tertiary/aromatic N) is 2. The van der Waals surface area contributed by atoms with E-state index >= 15 is 0 Å². The van der Waals surface area contributed by atoms with E-state index in [1.165, 1.54) is 12.1 Å². The lowest BCUT2D eigenvalue weighted by molar-refractivity contribution is -0.131. The number of pyridine rings is 1. The minimum absolute atomic E-state index is 0.0472. The Bertz CT molecular complexity index is 1070. The summed E-state index contributed by atoms with van der Waals surface area (Å²) in [4.78, 5) is 31.7. The predicted molar refractivity (Wildman–Crippen MR) is 149 cm³/mol. The van der Waals surface area contributed by atoms with Gasteiger partial charge in [0.05, 0.1) is 18.8 Å². The minimum Gasteiger partial charge on any atom is -0.493 e. The first-order chi connectivity index (χ1) is 18.9. The van der Waals surface area contributed by atoms with Crippen molar-refractivity contribution in [3.63, 3.8) is 0 Å². The standard InChI is InChI=1S/C30H43FN4O4/c1-3-10-35-11-5-6-12-39-26-15-23(14-25(31)17-26)16-27(34-29(37)8-7-9-30(35)38)28(36)21-33-20-24-13-22(4-2)18-32-19-24/h13-15,17-19,27-28,33,36H,3-12,16,20-21H2,1-2H3,(H,34,37)/t27-,28+/m0/s1. The van der Waals surface area contributed by atoms with Crippen molar-refractivity contribution in [3.8, 4) is 5.75 Å². The van der Waals surface area contributed by atoms with Crippen molar-refractivity contribution in [2.24, 2.45) is 0 Å². The summed E-state index contributed by atoms with van der Waals surface area (Å²) in [6.45, 7) is 6.58. The molecular formula is C30H43FN4O4. The van der Waals surface area contributed by atoms with Crippen LogP contribution in [0.15, 0.2) is 36.7 Å². The Balaban J connectivity index is 1.71. The number of halogens is 1. The number of aryl methyl sites for hydroxylation is 1. The molecule has 3 rings (SSSR count). The number of aliphatic hydroxyl groups is 1. The fourth-order valence-corrected chi connectivity index (χ4v) is 4.76. The van der Waals surface area contributed by atoms with Crippen LogP contribution in [0.5, 0.6) is 5.75 Å². The summed E-state index contributed by atoms with van der Waals surface area (Å²) < 4.78 is 20.3. The molecule has 0 fully saturated rings. The van der Waals surface area contributed by atoms with Crippen molar-refractivity contribution in [3.05, 3.63) is 59.2 Å². The molecule has 214 valence electrons. The molecule has 2 aromatic rings. The molecule has 1 aromatic carbocycles. The van der Waals surface area contributed by atoms with Gasteiger partial charge in [-0.15, -0.1) is 0 Å². The highest BCUT2D eigenvalue weighted by Gasteiger charge is 2.23. The van der Waals surface area contributed by atoms with Gasteiger partial charge in [0.15, 0.2) is 0 Å². The van der Waals surface area contributed by atoms with Crippen LogP contribution in [0.25, 0.3) is 0 Å². The third-order valence-electron chi connectivity index (χ3n) is 6.87. The van der Waals surface area contributed by atoms with Gasteiger partial charge in [0.2, 0.25) is 11.8 Å². The number of aliphatic hydroxyl groups excluding tert-OH is 1. The number of hydrogen-bond acceptors (Lipinski definition) is 6. The van der Waals surface area contributed by atoms with E-state index in [4.69, 9.17) is 4.74 Å². The Labute approximate surface area is 231 Å². The number of amides is 2. The minimum atomic E-state index is -0.923. The van der Waals surface area contributed by atoms with Crippen LogP contribution in [0.2, 0.25) is 0 Å². The average Bonchev–Trinajstić information content (AvgIpc) is 2.91. The molecule has 0 unspecified atom stereocenters. The normalized spacial score (nSPS) is 18.7. The van der Waals surface area contributed by atoms with Crippen molar-refractivity contribution in [2.75, 3.05) is 26.2 Å². The van der Waals surface area contributed by atoms with Crippen LogP contribution >= 0.6 is 0 Å². The van der Waals surface area contributed by atoms with E-state index in [9.17, 15) is 19.1 Å². The summed E-state index contributed by atoms with van der Waals surface area (Å²) in [6.07, 6.45) is 7.11. The zero-order valence-corrected chi connectivity index (χ0v) is 23.3. The molecule has 3 N–H and O–H groups in total. The molecule has 0 spiro atoms. The van der Waals surface area contributed by atoms with Gasteiger partial charge < -0.3 is 25.4 Å². The molecule has 1 aliphatic heterocycles. The first-order valence-electron chi connectivity index (χ1n) is 14.2. The fraction of sp³-hybridized carbons (Fsp3) is 0.567. The van der Waals surface area contributed by atoms with Crippen LogP contribution in [-0.2, 0) is 29.0 Å². The number of rotatable bonds is 8. The number of nitrogens with one attached hydrogen (secondary N) is 2. The molecular weight excluding hydrogens is 499 g/mol. The number of fused-ring (bicyclic) bond motifs is 2. The summed E-state index contributed by atoms with van der Waals surface area (Å²) in [6, 6.07) is 5.93. The maximum Gasteiger partial charge on any atom is 0.222 e. The molecule has 0 saturated carbocycles. The number of benzene rings is 1. The van der Waals surface area contributed by atoms with Crippen molar-refractivity contribution < 1.29 is 23.8 Å². The van der Waals surface area contributed by atoms with E-state index in [1.807, 2.05) is 18.0 Å². The quantitative estimate of drug-likeness (QED) is 0.472. The van der Waals surface area contributed by atoms with Gasteiger partial charge in [-0.2, -0.15) is 0 Å². The van der Waals surface area contributed by atoms with Crippen molar-refractivity contribution >= 4 is 11.8 Å². The zero-order chi connectivity index (χ0) is 28.0. The summed E-state index contributed by atoms with van der Waals surface area (Å²) in [5, 5.41) is 17.2. The van der Waals surface area contributed by atoms with Gasteiger partial charge in [0.25, 0.3) is 0 Å². The molecule has 2 atom stereocenters. The molecule has 39 heavy (non-hydrogen) atoms. The summed E-state index contributed by atoms with van der Waals surface area (Å²) in [5.74, 6) is -0.213. The number of carbonyl (C=O) groups is 2. The van der Waals surface area contributed by atoms with Crippen LogP contribution in [0.1, 0.15) is 69.1 Å². The van der Waals surface area contributed by atoms with Crippen molar-refractivity contribution in [1.29, 1.82) is 0 Å². The first-order valence-corrected chi connectivity index (χ1v) is 14.2. The Morgan fingerprint density at radius 3 is 2.74 bits per heavy atom. The van der Waals surface area contributed by atoms with Gasteiger partial charge in [-0.25, -0.2) is 4.39 Å². The third-order valence-corrected chi connectivity index (χ3v) is 6.87. The Morgan fingerprint density at radius 1 is 1.13 bits per heavy atom. The molecule has 2 bridgehead atoms. The van der Waals surface area contributed by atoms with E-state index in [1.54, 1.807) is 12.3 Å². The van der Waals surface area contributed by atoms with E-state index in [0.717, 1.165) is 36.8 Å². The maximum atomic E-state index is 14.4. The second-order valence-corrected chi connectivity index (χ2v) is 10.2. The SMILES string of the molecule is CCCN1CCCCOc2cc(F)cc(c2)C[C@@H]([C@H](O)CNCc2cncc(CC)c2)NC(=O)CCCC1=O. The molecule has 2 amide bonds. The van der Waals surface area contributed by atoms with Crippen LogP contribution in [0.3, 0.4) is 0 Å². The van der Waals surface area contributed by atoms with Gasteiger partial charge in [0.1, 0.15) is 11.6 Å². The first kappa shape index (κ1) is 30.5. The van der Waals surface area contributed by atoms with Gasteiger partial charge in [0, 0.05) is 57.5 Å². The lowest BCUT2D eigenvalue weighted by Gasteiger charge is -2.25. The molecule has 8 nitrogen and oxygen atoms in total. The molecule has 2 heterocycles. The maximum absolute atomic E-state index is 14.4. The Hall–Kier alpha value is -3.04. The molecule has 0 saturated heterocycles. The highest BCUT2D eigenvalue weighted by molar-refractivity contribution is 5.79. The Kier molecular flexibility index (Phi) is 12.6. The summed E-state index contributed by atoms with van der Waals surface area (Å²) in [5.41, 5.74) is 2.77. The fourth-order valence-electron chi connectivity index (χ4n) is 4.76. The molecule has 0 radical (unpaired) electrons. The van der Waals surface area contributed by atoms with Crippen LogP contribution in [-0.4, -0.2) is 65.2 Å². The second kappa shape index (κ2) is 16.2. The predicted octanol–water partition coefficient (Wildman–Crippen LogP) is 3.54. The van der Waals surface area contributed by atoms with Crippen LogP contribution in [0.4, 0.5) is 4.39 Å². The topological polar surface area (TPSA) is 104 Å². The number of hydrogen-bond donors (Lipinski definition) is 3. The van der Waals surface area contributed by atoms with Gasteiger partial charge in [-0.3, -0.25) is 14.6 Å². The van der Waals surface area contributed by atoms with Crippen LogP contribution in [0, 0.1) is 5.82 Å². The molecule has 1 aromatic heterocycles. The highest BCUT2D eigenvalue weighted by Crippen LogP contribution is 2.19. The van der Waals surface area contributed by atoms with Gasteiger partial charge in [-0.1, -0.05) is 19.9 Å². The third kappa shape index (κ3) is 10.6. The highest BCUT2D eigenvalue weighted by atomic mass is 19.1. The summed E-state index contributed by atoms with van der Waals surface area (Å²) >= 11 is 0. The lowest BCUT2D eigenvalue weighted by Crippen LogP contribution is -2.48. The lowest BCUT2D eigenvalue weighted by atomic mass is 10.00. The van der Waals surface area contributed by atoms with E-state index < -0.39 is 18.0 Å². The molecule has 9 heteroatoms. The molecule has 0 aliphatic carbocycles. The number of ether oxygens (including phenoxy) is 1. The molecule has 1 aliphatic rings. The monoisotopic (exact) mass is 542 g/mol. The van der Waals surface area contributed by atoms with E-state index in [0.29, 0.717) is 50.4 Å². The van der Waals surface area contributed by atoms with E-state index in [-0.39, 0.29) is 31.2 Å². The van der Waals surface area contributed by atoms with Gasteiger partial charge in [-0.05, 0) is 67.3 Å². The number of aromatic nitrogens is 1. The number of carbonyl (C=O) groups excluding carboxylic acids is 2. The largest absolute Gasteiger partial charge is 0.493 e. The zero-order valence-electron chi connectivity index (χ0n) is 23.3. The smallest absolute Gasteiger partial charge is 0.222 e. The van der Waals surface area contributed by atoms with Gasteiger partial charge >= 0.3 is 0 Å². The second-order valence-electron chi connectivity index (χ2n) is 10.2. The van der Waals surface area contributed by atoms with E-state index in [2.05, 4.69) is 28.6 Å². The summed E-state index contributed by atoms with van der Waals surface area (Å²) in [7, 11) is 0.